The van der Waals surface area contributed by atoms with Gasteiger partial charge in [-0.25, -0.2) is 8.42 Å². The second-order valence-corrected chi connectivity index (χ2v) is 10.2. The molecule has 1 fully saturated rings. The highest BCUT2D eigenvalue weighted by Crippen LogP contribution is 2.32. The van der Waals surface area contributed by atoms with Crippen molar-refractivity contribution in [2.45, 2.75) is 30.3 Å². The highest BCUT2D eigenvalue weighted by atomic mass is 32.2. The van der Waals surface area contributed by atoms with Gasteiger partial charge >= 0.3 is 0 Å². The van der Waals surface area contributed by atoms with Crippen molar-refractivity contribution < 1.29 is 23.2 Å². The van der Waals surface area contributed by atoms with Crippen LogP contribution in [0.3, 0.4) is 0 Å². The SMILES string of the molecule is CN(C)C[C@@H](O)COc1ccc(Nc2ccc(S(=O)(=O)N3CCCCC3)cc2[N+](=O)[O-])cc1. The molecule has 2 aromatic rings. The van der Waals surface area contributed by atoms with Crippen LogP contribution in [0, 0.1) is 10.1 Å². The summed E-state index contributed by atoms with van der Waals surface area (Å²) < 4.78 is 32.7. The van der Waals surface area contributed by atoms with E-state index >= 15 is 0 Å². The lowest BCUT2D eigenvalue weighted by Crippen LogP contribution is -2.35. The van der Waals surface area contributed by atoms with Crippen LogP contribution in [0.2, 0.25) is 0 Å². The Bertz CT molecular complexity index is 1050. The van der Waals surface area contributed by atoms with E-state index in [2.05, 4.69) is 5.32 Å². The first-order valence-corrected chi connectivity index (χ1v) is 12.2. The van der Waals surface area contributed by atoms with E-state index in [0.717, 1.165) is 25.3 Å². The van der Waals surface area contributed by atoms with E-state index in [0.29, 0.717) is 31.1 Å². The molecule has 1 atom stereocenters. The number of aliphatic hydroxyl groups is 1. The van der Waals surface area contributed by atoms with Crippen molar-refractivity contribution in [2.24, 2.45) is 0 Å². The Morgan fingerprint density at radius 2 is 1.82 bits per heavy atom. The molecule has 0 spiro atoms. The topological polar surface area (TPSA) is 125 Å². The number of sulfonamides is 1. The molecule has 0 radical (unpaired) electrons. The number of nitro benzene ring substituents is 1. The van der Waals surface area contributed by atoms with Gasteiger partial charge in [0.1, 0.15) is 24.1 Å². The minimum absolute atomic E-state index is 0.0818. The van der Waals surface area contributed by atoms with Gasteiger partial charge < -0.3 is 20.1 Å². The molecule has 1 aliphatic heterocycles. The van der Waals surface area contributed by atoms with Crippen molar-refractivity contribution >= 4 is 27.1 Å². The summed E-state index contributed by atoms with van der Waals surface area (Å²) in [4.78, 5) is 12.8. The minimum atomic E-state index is -3.77. The molecule has 0 unspecified atom stereocenters. The molecular formula is C22H30N4O6S. The van der Waals surface area contributed by atoms with Crippen molar-refractivity contribution in [3.63, 3.8) is 0 Å². The highest BCUT2D eigenvalue weighted by molar-refractivity contribution is 7.89. The van der Waals surface area contributed by atoms with Crippen LogP contribution in [-0.2, 0) is 10.0 Å². The van der Waals surface area contributed by atoms with Crippen LogP contribution in [0.4, 0.5) is 17.1 Å². The van der Waals surface area contributed by atoms with Crippen molar-refractivity contribution in [1.29, 1.82) is 0 Å². The number of nitrogens with zero attached hydrogens (tertiary/aromatic N) is 3. The van der Waals surface area contributed by atoms with E-state index in [4.69, 9.17) is 4.74 Å². The first-order chi connectivity index (χ1) is 15.7. The van der Waals surface area contributed by atoms with Gasteiger partial charge in [0.05, 0.1) is 9.82 Å². The quantitative estimate of drug-likeness (QED) is 0.394. The molecule has 1 aliphatic rings. The van der Waals surface area contributed by atoms with E-state index in [1.165, 1.54) is 16.4 Å². The number of rotatable bonds is 10. The third kappa shape index (κ3) is 6.64. The fraction of sp³-hybridized carbons (Fsp3) is 0.455. The number of hydrogen-bond donors (Lipinski definition) is 2. The molecule has 11 heteroatoms. The Kier molecular flexibility index (Phi) is 8.25. The molecule has 2 N–H and O–H groups in total. The Balaban J connectivity index is 1.72. The lowest BCUT2D eigenvalue weighted by Gasteiger charge is -2.25. The number of ether oxygens (including phenoxy) is 1. The third-order valence-corrected chi connectivity index (χ3v) is 7.16. The fourth-order valence-electron chi connectivity index (χ4n) is 3.64. The number of anilines is 2. The summed E-state index contributed by atoms with van der Waals surface area (Å²) in [6.07, 6.45) is 1.93. The maximum atomic E-state index is 12.9. The van der Waals surface area contributed by atoms with Gasteiger partial charge in [-0.15, -0.1) is 0 Å². The van der Waals surface area contributed by atoms with Gasteiger partial charge in [0.25, 0.3) is 5.69 Å². The summed E-state index contributed by atoms with van der Waals surface area (Å²) >= 11 is 0. The molecule has 0 saturated carbocycles. The van der Waals surface area contributed by atoms with Crippen LogP contribution in [0.1, 0.15) is 19.3 Å². The standard InChI is InChI=1S/C22H30N4O6S/c1-24(2)15-18(27)16-32-19-8-6-17(7-9-19)23-21-11-10-20(14-22(21)26(28)29)33(30,31)25-12-4-3-5-13-25/h6-11,14,18,23,27H,3-5,12-13,15-16H2,1-2H3/t18-/m1/s1. The molecule has 180 valence electrons. The zero-order chi connectivity index (χ0) is 24.0. The first-order valence-electron chi connectivity index (χ1n) is 10.8. The van der Waals surface area contributed by atoms with Gasteiger partial charge in [0, 0.05) is 31.4 Å². The number of nitro groups is 1. The summed E-state index contributed by atoms with van der Waals surface area (Å²) in [6, 6.07) is 10.7. The van der Waals surface area contributed by atoms with E-state index in [1.54, 1.807) is 24.3 Å². The molecule has 3 rings (SSSR count). The van der Waals surface area contributed by atoms with Crippen LogP contribution >= 0.6 is 0 Å². The Morgan fingerprint density at radius 3 is 2.42 bits per heavy atom. The van der Waals surface area contributed by atoms with Crippen LogP contribution in [0.5, 0.6) is 5.75 Å². The van der Waals surface area contributed by atoms with Crippen LogP contribution in [0.15, 0.2) is 47.4 Å². The van der Waals surface area contributed by atoms with E-state index in [9.17, 15) is 23.6 Å². The molecule has 0 amide bonds. The van der Waals surface area contributed by atoms with Crippen molar-refractivity contribution in [3.8, 4) is 5.75 Å². The molecule has 0 aromatic heterocycles. The minimum Gasteiger partial charge on any atom is -0.491 e. The Labute approximate surface area is 194 Å². The number of nitrogens with one attached hydrogen (secondary N) is 1. The lowest BCUT2D eigenvalue weighted by molar-refractivity contribution is -0.384. The van der Waals surface area contributed by atoms with Crippen LogP contribution in [0.25, 0.3) is 0 Å². The smallest absolute Gasteiger partial charge is 0.294 e. The summed E-state index contributed by atoms with van der Waals surface area (Å²) in [5.41, 5.74) is 0.443. The Morgan fingerprint density at radius 1 is 1.15 bits per heavy atom. The molecule has 2 aromatic carbocycles. The number of benzene rings is 2. The van der Waals surface area contributed by atoms with Gasteiger partial charge in [-0.1, -0.05) is 6.42 Å². The number of likely N-dealkylation sites (N-methyl/N-ethyl adjacent to an activating group) is 1. The molecule has 0 aliphatic carbocycles. The van der Waals surface area contributed by atoms with Gasteiger partial charge in [0.2, 0.25) is 10.0 Å². The Hall–Kier alpha value is -2.73. The van der Waals surface area contributed by atoms with Crippen molar-refractivity contribution in [2.75, 3.05) is 45.7 Å². The van der Waals surface area contributed by atoms with Gasteiger partial charge in [-0.3, -0.25) is 10.1 Å². The van der Waals surface area contributed by atoms with Crippen LogP contribution < -0.4 is 10.1 Å². The predicted octanol–water partition coefficient (Wildman–Crippen LogP) is 2.81. The molecule has 33 heavy (non-hydrogen) atoms. The summed E-state index contributed by atoms with van der Waals surface area (Å²) in [6.45, 7) is 1.48. The molecular weight excluding hydrogens is 448 g/mol. The normalized spacial score (nSPS) is 15.9. The lowest BCUT2D eigenvalue weighted by atomic mass is 10.2. The zero-order valence-electron chi connectivity index (χ0n) is 18.8. The maximum Gasteiger partial charge on any atom is 0.294 e. The van der Waals surface area contributed by atoms with E-state index < -0.39 is 21.1 Å². The first kappa shape index (κ1) is 24.9. The second kappa shape index (κ2) is 10.9. The van der Waals surface area contributed by atoms with Crippen LogP contribution in [-0.4, -0.2) is 74.1 Å². The maximum absolute atomic E-state index is 12.9. The average molecular weight is 479 g/mol. The van der Waals surface area contributed by atoms with E-state index in [-0.39, 0.29) is 22.9 Å². The third-order valence-electron chi connectivity index (χ3n) is 5.27. The summed E-state index contributed by atoms with van der Waals surface area (Å²) in [5, 5.41) is 24.5. The number of aliphatic hydroxyl groups excluding tert-OH is 1. The van der Waals surface area contributed by atoms with Crippen molar-refractivity contribution in [3.05, 3.63) is 52.6 Å². The monoisotopic (exact) mass is 478 g/mol. The van der Waals surface area contributed by atoms with Gasteiger partial charge in [-0.2, -0.15) is 4.31 Å². The van der Waals surface area contributed by atoms with E-state index in [1.807, 2.05) is 19.0 Å². The predicted molar refractivity (Wildman–Crippen MR) is 125 cm³/mol. The van der Waals surface area contributed by atoms with Gasteiger partial charge in [0.15, 0.2) is 0 Å². The summed E-state index contributed by atoms with van der Waals surface area (Å²) in [7, 11) is -0.0540. The second-order valence-electron chi connectivity index (χ2n) is 8.28. The zero-order valence-corrected chi connectivity index (χ0v) is 19.6. The molecule has 0 bridgehead atoms. The molecule has 1 heterocycles. The fourth-order valence-corrected chi connectivity index (χ4v) is 5.18. The number of piperidine rings is 1. The highest BCUT2D eigenvalue weighted by Gasteiger charge is 2.28. The number of hydrogen-bond acceptors (Lipinski definition) is 8. The van der Waals surface area contributed by atoms with Gasteiger partial charge in [-0.05, 0) is 63.3 Å². The largest absolute Gasteiger partial charge is 0.491 e. The average Bonchev–Trinajstić information content (AvgIpc) is 2.78. The van der Waals surface area contributed by atoms with Crippen molar-refractivity contribution in [1.82, 2.24) is 9.21 Å². The summed E-state index contributed by atoms with van der Waals surface area (Å²) in [5.74, 6) is 0.552. The molecule has 1 saturated heterocycles. The molecule has 10 nitrogen and oxygen atoms in total.